The predicted molar refractivity (Wildman–Crippen MR) is 271 cm³/mol. The Balaban J connectivity index is 0.000000286. The van der Waals surface area contributed by atoms with Crippen molar-refractivity contribution in [2.45, 2.75) is 82.2 Å². The fourth-order valence-electron chi connectivity index (χ4n) is 5.47. The molecule has 8 heterocycles. The number of hydrogen-bond donors (Lipinski definition) is 2. The van der Waals surface area contributed by atoms with Crippen LogP contribution in [0.2, 0.25) is 0 Å². The van der Waals surface area contributed by atoms with Gasteiger partial charge in [0.15, 0.2) is 58.2 Å². The van der Waals surface area contributed by atoms with Crippen LogP contribution in [-0.4, -0.2) is 122 Å². The largest absolute Gasteiger partial charge is 1.00 e. The summed E-state index contributed by atoms with van der Waals surface area (Å²) in [5.74, 6) is 6.44. The van der Waals surface area contributed by atoms with Crippen molar-refractivity contribution in [3.05, 3.63) is 43.0 Å². The summed E-state index contributed by atoms with van der Waals surface area (Å²) in [6.45, 7) is 5.07. The summed E-state index contributed by atoms with van der Waals surface area (Å²) in [5.41, 5.74) is 0. The summed E-state index contributed by atoms with van der Waals surface area (Å²) in [6, 6.07) is 0. The first-order valence-electron chi connectivity index (χ1n) is 21.0. The standard InChI is InChI=1S/2C12H17BrO3S.2C7H8O3S.C5H10Br2.Na.H/c13-4-2-1-3-5-14-10-6-15-11-8-17-9-12(11)16-7-10;13-4-2-1-3-5-14-6-10-7-15-11-8-17-9-12(11)16-10;8-5-1-9-6-3-11-4-7(6)10-2-5;8-1-5-2-9-6-3-11-4-7(6)10-5;6-4-2-1-3-5-7;;/h2*8-10H,1-7H2;2*3-5,8H,1-2H2;1-5H2;;/q;;;;;+1;-1. The molecule has 8 rings (SSSR count). The number of rotatable bonds is 18. The Morgan fingerprint density at radius 2 is 0.844 bits per heavy atom. The first-order valence-corrected chi connectivity index (χ1v) is 29.3. The van der Waals surface area contributed by atoms with Gasteiger partial charge in [-0.1, -0.05) is 83.0 Å². The Kier molecular flexibility index (Phi) is 33.6. The van der Waals surface area contributed by atoms with E-state index in [2.05, 4.69) is 63.7 Å². The smallest absolute Gasteiger partial charge is 1.00 e. The summed E-state index contributed by atoms with van der Waals surface area (Å²) in [4.78, 5) is 0. The van der Waals surface area contributed by atoms with Crippen LogP contribution in [0.25, 0.3) is 0 Å². The van der Waals surface area contributed by atoms with Gasteiger partial charge in [-0.2, -0.15) is 0 Å². The predicted octanol–water partition coefficient (Wildman–Crippen LogP) is 8.76. The van der Waals surface area contributed by atoms with Gasteiger partial charge in [0.05, 0.1) is 13.2 Å². The zero-order valence-electron chi connectivity index (χ0n) is 37.3. The molecule has 2 N–H and O–H groups in total. The number of halogens is 4. The van der Waals surface area contributed by atoms with Crippen LogP contribution in [0.5, 0.6) is 46.0 Å². The van der Waals surface area contributed by atoms with E-state index in [0.717, 1.165) is 93.4 Å². The van der Waals surface area contributed by atoms with Gasteiger partial charge in [-0.25, -0.2) is 0 Å². The van der Waals surface area contributed by atoms with Gasteiger partial charge < -0.3 is 59.0 Å². The van der Waals surface area contributed by atoms with Gasteiger partial charge in [-0.15, -0.1) is 45.3 Å². The third-order valence-corrected chi connectivity index (χ3v) is 13.9. The molecule has 2 unspecified atom stereocenters. The Hall–Kier alpha value is -0.0400. The molecule has 4 aromatic rings. The molecule has 0 aliphatic carbocycles. The SMILES string of the molecule is BrCCCCCBr.BrCCCCCOC1COc2cscc2OC1.BrCCCCCOCC1COc2cscc2O1.OC1COc2cscc2OC1.OCC1COc2cscc2O1.[H-].[Na+]. The molecule has 4 aliphatic rings. The van der Waals surface area contributed by atoms with Crippen LogP contribution in [0, 0.1) is 0 Å². The van der Waals surface area contributed by atoms with E-state index in [4.69, 9.17) is 57.6 Å². The van der Waals surface area contributed by atoms with E-state index in [9.17, 15) is 0 Å². The summed E-state index contributed by atoms with van der Waals surface area (Å²) in [5, 5.41) is 37.7. The van der Waals surface area contributed by atoms with Crippen molar-refractivity contribution in [3.63, 3.8) is 0 Å². The molecule has 21 heteroatoms. The van der Waals surface area contributed by atoms with E-state index >= 15 is 0 Å². The summed E-state index contributed by atoms with van der Waals surface area (Å²) in [7, 11) is 0. The van der Waals surface area contributed by atoms with E-state index in [-0.39, 0.29) is 55.9 Å². The van der Waals surface area contributed by atoms with Crippen molar-refractivity contribution in [2.75, 3.05) is 87.4 Å². The average Bonchev–Trinajstić information content (AvgIpc) is 4.13. The Morgan fingerprint density at radius 3 is 1.30 bits per heavy atom. The number of aliphatic hydroxyl groups excluding tert-OH is 2. The van der Waals surface area contributed by atoms with Crippen molar-refractivity contribution in [1.29, 1.82) is 0 Å². The van der Waals surface area contributed by atoms with Crippen molar-refractivity contribution in [3.8, 4) is 46.0 Å². The molecule has 358 valence electrons. The zero-order valence-corrected chi connectivity index (χ0v) is 47.9. The minimum atomic E-state index is -0.507. The molecule has 0 bridgehead atoms. The minimum Gasteiger partial charge on any atom is -1.00 e. The third kappa shape index (κ3) is 23.5. The normalized spacial score (nSPS) is 16.9. The Labute approximate surface area is 451 Å². The Morgan fingerprint density at radius 1 is 0.484 bits per heavy atom. The molecule has 2 atom stereocenters. The molecule has 0 spiro atoms. The van der Waals surface area contributed by atoms with Crippen molar-refractivity contribution >= 4 is 109 Å². The molecular formula is C43H61Br4NaO12S4. The topological polar surface area (TPSA) is 133 Å². The fraction of sp³-hybridized carbons (Fsp3) is 0.628. The number of hydrogen-bond acceptors (Lipinski definition) is 16. The second-order valence-electron chi connectivity index (χ2n) is 14.1. The van der Waals surface area contributed by atoms with Gasteiger partial charge in [0, 0.05) is 77.6 Å². The molecule has 64 heavy (non-hydrogen) atoms. The van der Waals surface area contributed by atoms with Gasteiger partial charge in [-0.05, 0) is 38.5 Å². The third-order valence-electron chi connectivity index (χ3n) is 8.85. The van der Waals surface area contributed by atoms with E-state index < -0.39 is 6.10 Å². The molecule has 0 radical (unpaired) electrons. The summed E-state index contributed by atoms with van der Waals surface area (Å²) >= 11 is 19.8. The van der Waals surface area contributed by atoms with Crippen molar-refractivity contribution < 1.29 is 88.6 Å². The van der Waals surface area contributed by atoms with E-state index in [0.29, 0.717) is 46.2 Å². The van der Waals surface area contributed by atoms with E-state index in [1.165, 1.54) is 67.6 Å². The van der Waals surface area contributed by atoms with Crippen molar-refractivity contribution in [1.82, 2.24) is 0 Å². The van der Waals surface area contributed by atoms with Crippen molar-refractivity contribution in [2.24, 2.45) is 0 Å². The van der Waals surface area contributed by atoms with Crippen LogP contribution in [-0.2, 0) is 9.47 Å². The zero-order chi connectivity index (χ0) is 44.7. The Bertz CT molecular complexity index is 1660. The first-order chi connectivity index (χ1) is 31.0. The van der Waals surface area contributed by atoms with Crippen LogP contribution >= 0.6 is 109 Å². The fourth-order valence-corrected chi connectivity index (χ4v) is 9.77. The molecule has 4 aromatic heterocycles. The summed E-state index contributed by atoms with van der Waals surface area (Å²) < 4.78 is 55.1. The van der Waals surface area contributed by atoms with Crippen LogP contribution in [0.3, 0.4) is 0 Å². The van der Waals surface area contributed by atoms with Gasteiger partial charge in [0.25, 0.3) is 0 Å². The minimum absolute atomic E-state index is 0. The van der Waals surface area contributed by atoms with Crippen LogP contribution in [0.15, 0.2) is 43.0 Å². The molecule has 0 saturated heterocycles. The van der Waals surface area contributed by atoms with Gasteiger partial charge >= 0.3 is 29.6 Å². The van der Waals surface area contributed by atoms with Gasteiger partial charge in [0.2, 0.25) is 0 Å². The summed E-state index contributed by atoms with van der Waals surface area (Å²) in [6.07, 6.45) is 10.4. The molecule has 0 amide bonds. The molecular weight excluding hydrogens is 1180 g/mol. The maximum atomic E-state index is 9.13. The second-order valence-corrected chi connectivity index (χ2v) is 20.2. The number of thiophene rings is 4. The first kappa shape index (κ1) is 58.3. The van der Waals surface area contributed by atoms with Gasteiger partial charge in [0.1, 0.15) is 51.8 Å². The van der Waals surface area contributed by atoms with Crippen LogP contribution < -0.4 is 67.5 Å². The number of ether oxygens (including phenoxy) is 10. The van der Waals surface area contributed by atoms with Gasteiger partial charge in [-0.3, -0.25) is 0 Å². The maximum absolute atomic E-state index is 9.13. The quantitative estimate of drug-likeness (QED) is 0.0561. The molecule has 4 aliphatic heterocycles. The molecule has 0 fully saturated rings. The monoisotopic (exact) mass is 1240 g/mol. The molecule has 12 nitrogen and oxygen atoms in total. The maximum Gasteiger partial charge on any atom is 1.00 e. The number of alkyl halides is 4. The second kappa shape index (κ2) is 36.9. The van der Waals surface area contributed by atoms with E-state index in [1.807, 2.05) is 43.0 Å². The number of aliphatic hydroxyl groups is 2. The molecule has 0 saturated carbocycles. The van der Waals surface area contributed by atoms with Crippen LogP contribution in [0.4, 0.5) is 0 Å². The number of fused-ring (bicyclic) bond motifs is 4. The average molecular weight is 1240 g/mol. The number of unbranched alkanes of at least 4 members (excludes halogenated alkanes) is 6. The van der Waals surface area contributed by atoms with Crippen LogP contribution in [0.1, 0.15) is 59.2 Å². The molecule has 0 aromatic carbocycles. The van der Waals surface area contributed by atoms with E-state index in [1.54, 1.807) is 22.7 Å².